The predicted octanol–water partition coefficient (Wildman–Crippen LogP) is 0.0254. The zero-order valence-electron chi connectivity index (χ0n) is 8.68. The minimum Gasteiger partial charge on any atom is -0.382 e. The fourth-order valence-corrected chi connectivity index (χ4v) is 1.53. The number of carbonyl (C=O) groups is 1. The Labute approximate surface area is 91.2 Å². The SMILES string of the molecule is O=C(NCC(O)C(F)(F)F)[C@H]1CCCNC1. The predicted molar refractivity (Wildman–Crippen MR) is 50.7 cm³/mol. The molecule has 0 aromatic carbocycles. The van der Waals surface area contributed by atoms with Gasteiger partial charge in [-0.05, 0) is 19.4 Å². The molecule has 1 unspecified atom stereocenters. The monoisotopic (exact) mass is 240 g/mol. The molecule has 0 spiro atoms. The first-order valence-corrected chi connectivity index (χ1v) is 5.14. The van der Waals surface area contributed by atoms with Crippen molar-refractivity contribution in [2.24, 2.45) is 5.92 Å². The number of aliphatic hydroxyl groups is 1. The lowest BCUT2D eigenvalue weighted by Gasteiger charge is -2.23. The Morgan fingerprint density at radius 3 is 2.75 bits per heavy atom. The van der Waals surface area contributed by atoms with Gasteiger partial charge in [0.05, 0.1) is 12.5 Å². The first-order valence-electron chi connectivity index (χ1n) is 5.14. The van der Waals surface area contributed by atoms with Gasteiger partial charge in [0.1, 0.15) is 0 Å². The van der Waals surface area contributed by atoms with E-state index < -0.39 is 24.7 Å². The van der Waals surface area contributed by atoms with Crippen LogP contribution in [0.3, 0.4) is 0 Å². The molecule has 0 aromatic rings. The number of hydrogen-bond donors (Lipinski definition) is 3. The van der Waals surface area contributed by atoms with Crippen molar-refractivity contribution in [2.45, 2.75) is 25.1 Å². The number of rotatable bonds is 3. The van der Waals surface area contributed by atoms with Gasteiger partial charge in [-0.15, -0.1) is 0 Å². The van der Waals surface area contributed by atoms with E-state index in [1.807, 2.05) is 0 Å². The van der Waals surface area contributed by atoms with Crippen molar-refractivity contribution in [1.82, 2.24) is 10.6 Å². The van der Waals surface area contributed by atoms with Crippen LogP contribution in [-0.2, 0) is 4.79 Å². The Balaban J connectivity index is 2.29. The molecule has 1 saturated heterocycles. The molecule has 1 aliphatic rings. The van der Waals surface area contributed by atoms with Crippen molar-refractivity contribution in [3.63, 3.8) is 0 Å². The standard InChI is InChI=1S/C9H15F3N2O2/c10-9(11,12)7(15)5-14-8(16)6-2-1-3-13-4-6/h6-7,13,15H,1-5H2,(H,14,16)/t6-,7?/m0/s1. The number of nitrogens with one attached hydrogen (secondary N) is 2. The van der Waals surface area contributed by atoms with Crippen molar-refractivity contribution in [3.05, 3.63) is 0 Å². The zero-order chi connectivity index (χ0) is 12.2. The van der Waals surface area contributed by atoms with Gasteiger partial charge in [0.2, 0.25) is 5.91 Å². The highest BCUT2D eigenvalue weighted by atomic mass is 19.4. The van der Waals surface area contributed by atoms with E-state index in [0.717, 1.165) is 13.0 Å². The molecule has 3 N–H and O–H groups in total. The number of halogens is 3. The molecule has 0 radical (unpaired) electrons. The van der Waals surface area contributed by atoms with Gasteiger partial charge >= 0.3 is 6.18 Å². The normalized spacial score (nSPS) is 23.9. The number of alkyl halides is 3. The van der Waals surface area contributed by atoms with E-state index in [-0.39, 0.29) is 5.92 Å². The second kappa shape index (κ2) is 5.49. The highest BCUT2D eigenvalue weighted by Crippen LogP contribution is 2.19. The van der Waals surface area contributed by atoms with E-state index >= 15 is 0 Å². The van der Waals surface area contributed by atoms with Crippen LogP contribution in [0.4, 0.5) is 13.2 Å². The first-order chi connectivity index (χ1) is 7.41. The van der Waals surface area contributed by atoms with Crippen molar-refractivity contribution in [1.29, 1.82) is 0 Å². The molecule has 1 amide bonds. The van der Waals surface area contributed by atoms with Crippen LogP contribution in [0.5, 0.6) is 0 Å². The summed E-state index contributed by atoms with van der Waals surface area (Å²) < 4.78 is 35.8. The summed E-state index contributed by atoms with van der Waals surface area (Å²) in [6.45, 7) is 0.529. The molecule has 7 heteroatoms. The van der Waals surface area contributed by atoms with Gasteiger partial charge in [-0.3, -0.25) is 4.79 Å². The molecule has 1 aliphatic heterocycles. The van der Waals surface area contributed by atoms with Gasteiger partial charge in [0.15, 0.2) is 6.10 Å². The fourth-order valence-electron chi connectivity index (χ4n) is 1.53. The zero-order valence-corrected chi connectivity index (χ0v) is 8.68. The summed E-state index contributed by atoms with van der Waals surface area (Å²) in [6.07, 6.45) is -5.67. The third-order valence-corrected chi connectivity index (χ3v) is 2.52. The smallest absolute Gasteiger partial charge is 0.382 e. The average molecular weight is 240 g/mol. The van der Waals surface area contributed by atoms with Crippen LogP contribution in [0.15, 0.2) is 0 Å². The minimum absolute atomic E-state index is 0.297. The summed E-state index contributed by atoms with van der Waals surface area (Å²) in [7, 11) is 0. The molecular weight excluding hydrogens is 225 g/mol. The van der Waals surface area contributed by atoms with Crippen molar-refractivity contribution >= 4 is 5.91 Å². The summed E-state index contributed by atoms with van der Waals surface area (Å²) in [5, 5.41) is 13.8. The highest BCUT2D eigenvalue weighted by Gasteiger charge is 2.38. The summed E-state index contributed by atoms with van der Waals surface area (Å²) in [4.78, 5) is 11.4. The highest BCUT2D eigenvalue weighted by molar-refractivity contribution is 5.78. The molecule has 0 bridgehead atoms. The van der Waals surface area contributed by atoms with Crippen molar-refractivity contribution in [2.75, 3.05) is 19.6 Å². The van der Waals surface area contributed by atoms with Crippen LogP contribution in [0.25, 0.3) is 0 Å². The summed E-state index contributed by atoms with van der Waals surface area (Å²) >= 11 is 0. The third-order valence-electron chi connectivity index (χ3n) is 2.52. The van der Waals surface area contributed by atoms with E-state index in [0.29, 0.717) is 13.0 Å². The maximum atomic E-state index is 11.9. The van der Waals surface area contributed by atoms with E-state index in [9.17, 15) is 18.0 Å². The molecule has 1 fully saturated rings. The number of carbonyl (C=O) groups excluding carboxylic acids is 1. The van der Waals surface area contributed by atoms with Gasteiger partial charge in [-0.1, -0.05) is 0 Å². The summed E-state index contributed by atoms with van der Waals surface area (Å²) in [6, 6.07) is 0. The van der Waals surface area contributed by atoms with E-state index in [2.05, 4.69) is 10.6 Å². The lowest BCUT2D eigenvalue weighted by atomic mass is 9.99. The lowest BCUT2D eigenvalue weighted by molar-refractivity contribution is -0.202. The Morgan fingerprint density at radius 1 is 1.56 bits per heavy atom. The van der Waals surface area contributed by atoms with Crippen molar-refractivity contribution < 1.29 is 23.1 Å². The van der Waals surface area contributed by atoms with Gasteiger partial charge in [-0.2, -0.15) is 13.2 Å². The van der Waals surface area contributed by atoms with Crippen LogP contribution in [-0.4, -0.2) is 42.9 Å². The molecule has 4 nitrogen and oxygen atoms in total. The van der Waals surface area contributed by atoms with Crippen LogP contribution < -0.4 is 10.6 Å². The van der Waals surface area contributed by atoms with Crippen LogP contribution in [0.2, 0.25) is 0 Å². The summed E-state index contributed by atoms with van der Waals surface area (Å²) in [5.74, 6) is -0.732. The first kappa shape index (κ1) is 13.2. The van der Waals surface area contributed by atoms with Gasteiger partial charge < -0.3 is 15.7 Å². The number of amides is 1. The molecule has 0 aromatic heterocycles. The van der Waals surface area contributed by atoms with Crippen LogP contribution >= 0.6 is 0 Å². The number of hydrogen-bond acceptors (Lipinski definition) is 3. The van der Waals surface area contributed by atoms with Gasteiger partial charge in [0, 0.05) is 6.54 Å². The molecular formula is C9H15F3N2O2. The maximum Gasteiger partial charge on any atom is 0.416 e. The van der Waals surface area contributed by atoms with E-state index in [4.69, 9.17) is 5.11 Å². The van der Waals surface area contributed by atoms with Crippen LogP contribution in [0.1, 0.15) is 12.8 Å². The van der Waals surface area contributed by atoms with Gasteiger partial charge in [0.25, 0.3) is 0 Å². The van der Waals surface area contributed by atoms with E-state index in [1.54, 1.807) is 0 Å². The Morgan fingerprint density at radius 2 is 2.25 bits per heavy atom. The van der Waals surface area contributed by atoms with Crippen LogP contribution in [0, 0.1) is 5.92 Å². The molecule has 0 saturated carbocycles. The topological polar surface area (TPSA) is 61.4 Å². The largest absolute Gasteiger partial charge is 0.416 e. The molecule has 94 valence electrons. The number of piperidine rings is 1. The molecule has 16 heavy (non-hydrogen) atoms. The average Bonchev–Trinajstić information content (AvgIpc) is 2.25. The molecule has 2 atom stereocenters. The third kappa shape index (κ3) is 3.97. The summed E-state index contributed by atoms with van der Waals surface area (Å²) in [5.41, 5.74) is 0. The van der Waals surface area contributed by atoms with Crippen molar-refractivity contribution in [3.8, 4) is 0 Å². The second-order valence-electron chi connectivity index (χ2n) is 3.85. The lowest BCUT2D eigenvalue weighted by Crippen LogP contribution is -2.45. The molecule has 1 heterocycles. The Bertz CT molecular complexity index is 239. The Hall–Kier alpha value is -0.820. The molecule has 1 rings (SSSR count). The second-order valence-corrected chi connectivity index (χ2v) is 3.85. The molecule has 0 aliphatic carbocycles. The van der Waals surface area contributed by atoms with Gasteiger partial charge in [-0.25, -0.2) is 0 Å². The quantitative estimate of drug-likeness (QED) is 0.652. The number of aliphatic hydroxyl groups excluding tert-OH is 1. The minimum atomic E-state index is -4.68. The Kier molecular flexibility index (Phi) is 4.55. The fraction of sp³-hybridized carbons (Fsp3) is 0.889. The maximum absolute atomic E-state index is 11.9. The van der Waals surface area contributed by atoms with E-state index in [1.165, 1.54) is 0 Å².